The van der Waals surface area contributed by atoms with Gasteiger partial charge in [-0.25, -0.2) is 0 Å². The summed E-state index contributed by atoms with van der Waals surface area (Å²) in [5.41, 5.74) is 0. The van der Waals surface area contributed by atoms with Gasteiger partial charge in [0, 0.05) is 13.2 Å². The van der Waals surface area contributed by atoms with Crippen LogP contribution in [-0.4, -0.2) is 25.8 Å². The molecule has 0 amide bonds. The molecule has 80 valence electrons. The molecule has 0 aromatic rings. The zero-order valence-corrected chi connectivity index (χ0v) is 9.60. The van der Waals surface area contributed by atoms with E-state index in [0.29, 0.717) is 6.10 Å². The molecule has 2 heteroatoms. The highest BCUT2D eigenvalue weighted by Crippen LogP contribution is 2.01. The molecule has 2 nitrogen and oxygen atoms in total. The van der Waals surface area contributed by atoms with Crippen LogP contribution in [0.1, 0.15) is 40.5 Å². The van der Waals surface area contributed by atoms with E-state index in [4.69, 9.17) is 4.74 Å². The Morgan fingerprint density at radius 1 is 1.23 bits per heavy atom. The Morgan fingerprint density at radius 2 is 1.92 bits per heavy atom. The lowest BCUT2D eigenvalue weighted by Gasteiger charge is -2.12. The zero-order chi connectivity index (χ0) is 10.1. The minimum atomic E-state index is 0.351. The summed E-state index contributed by atoms with van der Waals surface area (Å²) in [6.45, 7) is 11.6. The van der Waals surface area contributed by atoms with Gasteiger partial charge < -0.3 is 10.1 Å². The highest BCUT2D eigenvalue weighted by Gasteiger charge is 1.99. The largest absolute Gasteiger partial charge is 0.377 e. The molecule has 1 atom stereocenters. The summed E-state index contributed by atoms with van der Waals surface area (Å²) in [5.74, 6) is 0.825. The molecule has 0 aromatic heterocycles. The van der Waals surface area contributed by atoms with Crippen molar-refractivity contribution in [2.45, 2.75) is 46.6 Å². The Morgan fingerprint density at radius 3 is 2.46 bits per heavy atom. The summed E-state index contributed by atoms with van der Waals surface area (Å²) in [7, 11) is 0. The summed E-state index contributed by atoms with van der Waals surface area (Å²) in [5, 5.41) is 3.40. The van der Waals surface area contributed by atoms with Crippen LogP contribution in [0.3, 0.4) is 0 Å². The second-order valence-electron chi connectivity index (χ2n) is 4.01. The zero-order valence-electron chi connectivity index (χ0n) is 9.60. The Bertz CT molecular complexity index is 104. The SMILES string of the molecule is CCOC(C)CNCCCC(C)C. The van der Waals surface area contributed by atoms with Crippen LogP contribution in [0.5, 0.6) is 0 Å². The molecule has 0 aliphatic carbocycles. The van der Waals surface area contributed by atoms with Crippen LogP contribution >= 0.6 is 0 Å². The van der Waals surface area contributed by atoms with Crippen molar-refractivity contribution in [1.29, 1.82) is 0 Å². The lowest BCUT2D eigenvalue weighted by Crippen LogP contribution is -2.27. The molecule has 0 aliphatic rings. The van der Waals surface area contributed by atoms with Crippen molar-refractivity contribution in [2.24, 2.45) is 5.92 Å². The van der Waals surface area contributed by atoms with Crippen molar-refractivity contribution in [1.82, 2.24) is 5.32 Å². The third kappa shape index (κ3) is 9.84. The summed E-state index contributed by atoms with van der Waals surface area (Å²) >= 11 is 0. The Labute approximate surface area is 83.1 Å². The van der Waals surface area contributed by atoms with Gasteiger partial charge >= 0.3 is 0 Å². The van der Waals surface area contributed by atoms with Crippen LogP contribution in [-0.2, 0) is 4.74 Å². The van der Waals surface area contributed by atoms with Crippen molar-refractivity contribution in [2.75, 3.05) is 19.7 Å². The second-order valence-corrected chi connectivity index (χ2v) is 4.01. The monoisotopic (exact) mass is 187 g/mol. The highest BCUT2D eigenvalue weighted by molar-refractivity contribution is 4.56. The van der Waals surface area contributed by atoms with Crippen LogP contribution in [0.15, 0.2) is 0 Å². The minimum absolute atomic E-state index is 0.351. The molecule has 0 heterocycles. The van der Waals surface area contributed by atoms with Crippen molar-refractivity contribution in [3.8, 4) is 0 Å². The number of nitrogens with one attached hydrogen (secondary N) is 1. The summed E-state index contributed by atoms with van der Waals surface area (Å²) in [4.78, 5) is 0. The lowest BCUT2D eigenvalue weighted by molar-refractivity contribution is 0.0762. The third-order valence-corrected chi connectivity index (χ3v) is 2.02. The van der Waals surface area contributed by atoms with E-state index in [1.165, 1.54) is 12.8 Å². The number of hydrogen-bond acceptors (Lipinski definition) is 2. The van der Waals surface area contributed by atoms with Gasteiger partial charge in [-0.3, -0.25) is 0 Å². The van der Waals surface area contributed by atoms with Gasteiger partial charge in [-0.1, -0.05) is 13.8 Å². The van der Waals surface area contributed by atoms with Gasteiger partial charge in [-0.05, 0) is 39.2 Å². The van der Waals surface area contributed by atoms with Crippen molar-refractivity contribution >= 4 is 0 Å². The van der Waals surface area contributed by atoms with Gasteiger partial charge in [-0.15, -0.1) is 0 Å². The molecule has 0 bridgehead atoms. The molecule has 13 heavy (non-hydrogen) atoms. The molecule has 0 spiro atoms. The Hall–Kier alpha value is -0.0800. The quantitative estimate of drug-likeness (QED) is 0.589. The molecule has 1 N–H and O–H groups in total. The third-order valence-electron chi connectivity index (χ3n) is 2.02. The van der Waals surface area contributed by atoms with Crippen molar-refractivity contribution < 1.29 is 4.74 Å². The fourth-order valence-corrected chi connectivity index (χ4v) is 1.28. The Kier molecular flexibility index (Phi) is 8.46. The number of ether oxygens (including phenoxy) is 1. The average Bonchev–Trinajstić information content (AvgIpc) is 2.03. The van der Waals surface area contributed by atoms with Crippen LogP contribution in [0.25, 0.3) is 0 Å². The molecule has 0 rings (SSSR count). The molecular formula is C11H25NO. The van der Waals surface area contributed by atoms with Gasteiger partial charge in [0.25, 0.3) is 0 Å². The normalized spacial score (nSPS) is 13.6. The molecule has 0 aromatic carbocycles. The van der Waals surface area contributed by atoms with Gasteiger partial charge in [0.15, 0.2) is 0 Å². The fourth-order valence-electron chi connectivity index (χ4n) is 1.28. The fraction of sp³-hybridized carbons (Fsp3) is 1.00. The molecule has 0 radical (unpaired) electrons. The summed E-state index contributed by atoms with van der Waals surface area (Å²) in [6, 6.07) is 0. The topological polar surface area (TPSA) is 21.3 Å². The maximum Gasteiger partial charge on any atom is 0.0671 e. The molecule has 1 unspecified atom stereocenters. The summed E-state index contributed by atoms with van der Waals surface area (Å²) < 4.78 is 5.41. The predicted molar refractivity (Wildman–Crippen MR) is 58.0 cm³/mol. The smallest absolute Gasteiger partial charge is 0.0671 e. The van der Waals surface area contributed by atoms with E-state index in [1.807, 2.05) is 6.92 Å². The van der Waals surface area contributed by atoms with E-state index >= 15 is 0 Å². The maximum absolute atomic E-state index is 5.41. The van der Waals surface area contributed by atoms with Crippen LogP contribution in [0.2, 0.25) is 0 Å². The lowest BCUT2D eigenvalue weighted by atomic mass is 10.1. The first kappa shape index (κ1) is 12.9. The molecule has 0 saturated carbocycles. The maximum atomic E-state index is 5.41. The van der Waals surface area contributed by atoms with Crippen LogP contribution < -0.4 is 5.32 Å². The van der Waals surface area contributed by atoms with Crippen LogP contribution in [0, 0.1) is 5.92 Å². The van der Waals surface area contributed by atoms with Crippen molar-refractivity contribution in [3.63, 3.8) is 0 Å². The number of rotatable bonds is 8. The van der Waals surface area contributed by atoms with E-state index < -0.39 is 0 Å². The van der Waals surface area contributed by atoms with E-state index in [9.17, 15) is 0 Å². The average molecular weight is 187 g/mol. The standard InChI is InChI=1S/C11H25NO/c1-5-13-11(4)9-12-8-6-7-10(2)3/h10-12H,5-9H2,1-4H3. The van der Waals surface area contributed by atoms with Crippen LogP contribution in [0.4, 0.5) is 0 Å². The van der Waals surface area contributed by atoms with E-state index in [1.54, 1.807) is 0 Å². The van der Waals surface area contributed by atoms with Gasteiger partial charge in [-0.2, -0.15) is 0 Å². The Balaban J connectivity index is 3.06. The molecule has 0 fully saturated rings. The minimum Gasteiger partial charge on any atom is -0.377 e. The molecule has 0 aliphatic heterocycles. The first-order chi connectivity index (χ1) is 6.16. The van der Waals surface area contributed by atoms with Gasteiger partial charge in [0.1, 0.15) is 0 Å². The van der Waals surface area contributed by atoms with E-state index in [2.05, 4.69) is 26.1 Å². The summed E-state index contributed by atoms with van der Waals surface area (Å²) in [6.07, 6.45) is 2.94. The van der Waals surface area contributed by atoms with E-state index in [0.717, 1.165) is 25.6 Å². The number of hydrogen-bond donors (Lipinski definition) is 1. The van der Waals surface area contributed by atoms with Crippen molar-refractivity contribution in [3.05, 3.63) is 0 Å². The predicted octanol–water partition coefficient (Wildman–Crippen LogP) is 2.44. The first-order valence-corrected chi connectivity index (χ1v) is 5.49. The first-order valence-electron chi connectivity index (χ1n) is 5.49. The van der Waals surface area contributed by atoms with Gasteiger partial charge in [0.2, 0.25) is 0 Å². The molecular weight excluding hydrogens is 162 g/mol. The molecule has 0 saturated heterocycles. The second kappa shape index (κ2) is 8.52. The van der Waals surface area contributed by atoms with Gasteiger partial charge in [0.05, 0.1) is 6.10 Å². The highest BCUT2D eigenvalue weighted by atomic mass is 16.5. The van der Waals surface area contributed by atoms with E-state index in [-0.39, 0.29) is 0 Å².